The number of amides is 1. The molecule has 0 heterocycles. The monoisotopic (exact) mass is 391 g/mol. The minimum atomic E-state index is -0.627. The number of carbonyl (C=O) groups is 1. The van der Waals surface area contributed by atoms with E-state index >= 15 is 0 Å². The zero-order chi connectivity index (χ0) is 16.7. The van der Waals surface area contributed by atoms with Gasteiger partial charge in [0.15, 0.2) is 5.11 Å². The van der Waals surface area contributed by atoms with Crippen LogP contribution in [0.5, 0.6) is 0 Å². The Morgan fingerprint density at radius 1 is 1.26 bits per heavy atom. The molecule has 0 fully saturated rings. The molecule has 2 rings (SSSR count). The van der Waals surface area contributed by atoms with Crippen molar-refractivity contribution in [3.05, 3.63) is 58.6 Å². The van der Waals surface area contributed by atoms with Crippen LogP contribution in [0.4, 0.5) is 16.2 Å². The van der Waals surface area contributed by atoms with Crippen molar-refractivity contribution in [2.45, 2.75) is 0 Å². The molecular weight excluding hydrogens is 378 g/mol. The van der Waals surface area contributed by atoms with Crippen molar-refractivity contribution in [1.82, 2.24) is 5.32 Å². The summed E-state index contributed by atoms with van der Waals surface area (Å²) in [5.41, 5.74) is 2.34. The van der Waals surface area contributed by atoms with E-state index in [2.05, 4.69) is 36.3 Å². The molecule has 118 valence electrons. The summed E-state index contributed by atoms with van der Waals surface area (Å²) >= 11 is 8.47. The number of nitrogens with one attached hydrogen (secondary N) is 2. The zero-order valence-corrected chi connectivity index (χ0v) is 14.6. The fourth-order valence-electron chi connectivity index (χ4n) is 1.72. The Kier molecular flexibility index (Phi) is 6.25. The number of nitrogens with zero attached hydrogens (tertiary/aromatic N) is 1. The number of alkyl carbamates (subject to hydrolysis) is 1. The first-order valence-electron chi connectivity index (χ1n) is 6.63. The van der Waals surface area contributed by atoms with Gasteiger partial charge in [-0.3, -0.25) is 10.3 Å². The molecule has 2 aromatic carbocycles. The molecule has 0 saturated carbocycles. The van der Waals surface area contributed by atoms with Gasteiger partial charge >= 0.3 is 6.09 Å². The summed E-state index contributed by atoms with van der Waals surface area (Å²) in [5.74, 6) is 0. The number of anilines is 1. The van der Waals surface area contributed by atoms with Crippen LogP contribution in [0.2, 0.25) is 0 Å². The summed E-state index contributed by atoms with van der Waals surface area (Å²) in [4.78, 5) is 15.6. The van der Waals surface area contributed by atoms with Crippen molar-refractivity contribution < 1.29 is 9.53 Å². The maximum Gasteiger partial charge on any atom is 0.413 e. The number of hydrogen-bond donors (Lipinski definition) is 2. The third-order valence-corrected chi connectivity index (χ3v) is 3.45. The Morgan fingerprint density at radius 3 is 2.78 bits per heavy atom. The molecule has 0 aromatic heterocycles. The maximum atomic E-state index is 11.1. The molecule has 0 aliphatic carbocycles. The van der Waals surface area contributed by atoms with Crippen molar-refractivity contribution in [2.75, 3.05) is 12.4 Å². The largest absolute Gasteiger partial charge is 0.453 e. The SMILES string of the molecule is COC(=O)NC(=S)Nc1ccccc1/N=C/c1cccc(Br)c1. The van der Waals surface area contributed by atoms with Crippen LogP contribution in [0.1, 0.15) is 5.56 Å². The van der Waals surface area contributed by atoms with Crippen LogP contribution in [0.3, 0.4) is 0 Å². The van der Waals surface area contributed by atoms with Gasteiger partial charge in [-0.15, -0.1) is 0 Å². The number of thiocarbonyl (C=S) groups is 1. The summed E-state index contributed by atoms with van der Waals surface area (Å²) in [6.07, 6.45) is 1.12. The molecule has 0 unspecified atom stereocenters. The average molecular weight is 392 g/mol. The lowest BCUT2D eigenvalue weighted by atomic mass is 10.2. The number of carbonyl (C=O) groups excluding carboxylic acids is 1. The van der Waals surface area contributed by atoms with Crippen molar-refractivity contribution in [3.8, 4) is 0 Å². The Morgan fingerprint density at radius 2 is 2.04 bits per heavy atom. The lowest BCUT2D eigenvalue weighted by Gasteiger charge is -2.10. The van der Waals surface area contributed by atoms with E-state index in [-0.39, 0.29) is 5.11 Å². The van der Waals surface area contributed by atoms with Gasteiger partial charge in [-0.25, -0.2) is 4.79 Å². The average Bonchev–Trinajstić information content (AvgIpc) is 2.54. The van der Waals surface area contributed by atoms with Crippen LogP contribution < -0.4 is 10.6 Å². The van der Waals surface area contributed by atoms with E-state index < -0.39 is 6.09 Å². The third kappa shape index (κ3) is 5.46. The molecule has 0 atom stereocenters. The van der Waals surface area contributed by atoms with Crippen LogP contribution in [0, 0.1) is 0 Å². The molecule has 0 aliphatic rings. The van der Waals surface area contributed by atoms with Crippen LogP contribution >= 0.6 is 28.1 Å². The van der Waals surface area contributed by atoms with Crippen molar-refractivity contribution in [1.29, 1.82) is 0 Å². The van der Waals surface area contributed by atoms with Gasteiger partial charge in [0, 0.05) is 10.7 Å². The molecule has 0 radical (unpaired) electrons. The number of ether oxygens (including phenoxy) is 1. The minimum absolute atomic E-state index is 0.141. The van der Waals surface area contributed by atoms with Gasteiger partial charge < -0.3 is 10.1 Å². The second-order valence-corrected chi connectivity index (χ2v) is 5.72. The molecule has 2 N–H and O–H groups in total. The highest BCUT2D eigenvalue weighted by molar-refractivity contribution is 9.10. The second-order valence-electron chi connectivity index (χ2n) is 4.40. The predicted octanol–water partition coefficient (Wildman–Crippen LogP) is 4.25. The first kappa shape index (κ1) is 17.1. The number of para-hydroxylation sites is 2. The number of benzene rings is 2. The standard InChI is InChI=1S/C16H14BrN3O2S/c1-22-16(21)20-15(23)19-14-8-3-2-7-13(14)18-10-11-5-4-6-12(17)9-11/h2-10H,1H3,(H2,19,20,21,23)/b18-10+. The Hall–Kier alpha value is -2.25. The molecular formula is C16H14BrN3O2S. The molecule has 0 spiro atoms. The fourth-order valence-corrected chi connectivity index (χ4v) is 2.33. The Bertz CT molecular complexity index is 750. The normalized spacial score (nSPS) is 10.3. The van der Waals surface area contributed by atoms with Crippen LogP contribution in [-0.4, -0.2) is 24.5 Å². The van der Waals surface area contributed by atoms with Gasteiger partial charge in [-0.1, -0.05) is 40.2 Å². The molecule has 7 heteroatoms. The molecule has 2 aromatic rings. The lowest BCUT2D eigenvalue weighted by Crippen LogP contribution is -2.33. The van der Waals surface area contributed by atoms with Crippen LogP contribution in [-0.2, 0) is 4.74 Å². The van der Waals surface area contributed by atoms with Crippen LogP contribution in [0.15, 0.2) is 58.0 Å². The topological polar surface area (TPSA) is 62.7 Å². The number of halogens is 1. The van der Waals surface area contributed by atoms with Gasteiger partial charge in [0.05, 0.1) is 18.5 Å². The van der Waals surface area contributed by atoms with E-state index in [0.29, 0.717) is 11.4 Å². The maximum absolute atomic E-state index is 11.1. The molecule has 23 heavy (non-hydrogen) atoms. The highest BCUT2D eigenvalue weighted by atomic mass is 79.9. The lowest BCUT2D eigenvalue weighted by molar-refractivity contribution is 0.177. The molecule has 0 saturated heterocycles. The summed E-state index contributed by atoms with van der Waals surface area (Å²) in [7, 11) is 1.27. The van der Waals surface area contributed by atoms with Crippen molar-refractivity contribution in [3.63, 3.8) is 0 Å². The summed E-state index contributed by atoms with van der Waals surface area (Å²) < 4.78 is 5.48. The van der Waals surface area contributed by atoms with E-state index in [1.165, 1.54) is 7.11 Å². The van der Waals surface area contributed by atoms with Crippen LogP contribution in [0.25, 0.3) is 0 Å². The first-order valence-corrected chi connectivity index (χ1v) is 7.83. The van der Waals surface area contributed by atoms with Crippen molar-refractivity contribution >= 4 is 56.9 Å². The highest BCUT2D eigenvalue weighted by Crippen LogP contribution is 2.24. The number of aliphatic imine (C=N–C) groups is 1. The Balaban J connectivity index is 2.14. The second kappa shape index (κ2) is 8.40. The molecule has 0 bridgehead atoms. The van der Waals surface area contributed by atoms with E-state index in [4.69, 9.17) is 12.2 Å². The van der Waals surface area contributed by atoms with Gasteiger partial charge in [0.2, 0.25) is 0 Å². The summed E-state index contributed by atoms with van der Waals surface area (Å²) in [6, 6.07) is 15.2. The smallest absolute Gasteiger partial charge is 0.413 e. The van der Waals surface area contributed by atoms with E-state index in [0.717, 1.165) is 10.0 Å². The molecule has 0 aliphatic heterocycles. The third-order valence-electron chi connectivity index (χ3n) is 2.75. The minimum Gasteiger partial charge on any atom is -0.453 e. The van der Waals surface area contributed by atoms with Gasteiger partial charge in [0.25, 0.3) is 0 Å². The number of hydrogen-bond acceptors (Lipinski definition) is 4. The zero-order valence-electron chi connectivity index (χ0n) is 12.2. The molecule has 5 nitrogen and oxygen atoms in total. The van der Waals surface area contributed by atoms with E-state index in [9.17, 15) is 4.79 Å². The van der Waals surface area contributed by atoms with Crippen molar-refractivity contribution in [2.24, 2.45) is 4.99 Å². The quantitative estimate of drug-likeness (QED) is 0.606. The fraction of sp³-hybridized carbons (Fsp3) is 0.0625. The van der Waals surface area contributed by atoms with E-state index in [1.807, 2.05) is 48.5 Å². The van der Waals surface area contributed by atoms with Gasteiger partial charge in [-0.05, 0) is 42.0 Å². The number of methoxy groups -OCH3 is 1. The number of rotatable bonds is 3. The molecule has 1 amide bonds. The van der Waals surface area contributed by atoms with E-state index in [1.54, 1.807) is 6.21 Å². The predicted molar refractivity (Wildman–Crippen MR) is 99.6 cm³/mol. The summed E-state index contributed by atoms with van der Waals surface area (Å²) in [6.45, 7) is 0. The summed E-state index contributed by atoms with van der Waals surface area (Å²) in [5, 5.41) is 5.45. The first-order chi connectivity index (χ1) is 11.1. The van der Waals surface area contributed by atoms with Gasteiger partial charge in [-0.2, -0.15) is 0 Å². The highest BCUT2D eigenvalue weighted by Gasteiger charge is 2.06. The van der Waals surface area contributed by atoms with Gasteiger partial charge in [0.1, 0.15) is 0 Å². The Labute approximate surface area is 147 Å².